The molecule has 1 amide bonds. The van der Waals surface area contributed by atoms with Gasteiger partial charge in [-0.1, -0.05) is 12.1 Å². The number of nitrogens with one attached hydrogen (secondary N) is 1. The summed E-state index contributed by atoms with van der Waals surface area (Å²) in [7, 11) is -3.54. The maximum absolute atomic E-state index is 12.2. The van der Waals surface area contributed by atoms with E-state index in [0.29, 0.717) is 5.69 Å². The molecule has 0 aromatic heterocycles. The molecule has 0 fully saturated rings. The molecule has 114 valence electrons. The number of nitro benzene ring substituents is 1. The van der Waals surface area contributed by atoms with Crippen LogP contribution < -0.4 is 5.32 Å². The normalized spacial score (nSPS) is 11.0. The number of rotatable bonds is 4. The Kier molecular flexibility index (Phi) is 4.22. The maximum Gasteiger partial charge on any atom is 0.269 e. The Morgan fingerprint density at radius 3 is 2.23 bits per heavy atom. The SMILES string of the molecule is CS(=O)(=O)c1ccccc1C(=O)Nc1ccc([N+](=O)[O-])cc1. The van der Waals surface area contributed by atoms with Crippen LogP contribution in [0.1, 0.15) is 10.4 Å². The van der Waals surface area contributed by atoms with E-state index in [1.807, 2.05) is 0 Å². The van der Waals surface area contributed by atoms with E-state index in [9.17, 15) is 23.3 Å². The highest BCUT2D eigenvalue weighted by atomic mass is 32.2. The van der Waals surface area contributed by atoms with Crippen LogP contribution in [0.4, 0.5) is 11.4 Å². The fourth-order valence-corrected chi connectivity index (χ4v) is 2.73. The van der Waals surface area contributed by atoms with E-state index in [-0.39, 0.29) is 16.1 Å². The van der Waals surface area contributed by atoms with E-state index >= 15 is 0 Å². The Balaban J connectivity index is 2.28. The molecule has 22 heavy (non-hydrogen) atoms. The number of benzene rings is 2. The fraction of sp³-hybridized carbons (Fsp3) is 0.0714. The summed E-state index contributed by atoms with van der Waals surface area (Å²) in [6, 6.07) is 11.1. The molecular weight excluding hydrogens is 308 g/mol. The minimum absolute atomic E-state index is 0.0170. The van der Waals surface area contributed by atoms with Crippen molar-refractivity contribution in [1.29, 1.82) is 0 Å². The lowest BCUT2D eigenvalue weighted by Gasteiger charge is -2.08. The monoisotopic (exact) mass is 320 g/mol. The first kappa shape index (κ1) is 15.6. The predicted molar refractivity (Wildman–Crippen MR) is 80.6 cm³/mol. The minimum atomic E-state index is -3.54. The average molecular weight is 320 g/mol. The van der Waals surface area contributed by atoms with Gasteiger partial charge in [0.25, 0.3) is 11.6 Å². The first-order valence-electron chi connectivity index (χ1n) is 6.14. The lowest BCUT2D eigenvalue weighted by Crippen LogP contribution is -2.16. The summed E-state index contributed by atoms with van der Waals surface area (Å²) in [6.07, 6.45) is 1.02. The number of anilines is 1. The molecule has 0 heterocycles. The zero-order valence-corrected chi connectivity index (χ0v) is 12.3. The molecule has 0 aliphatic heterocycles. The lowest BCUT2D eigenvalue weighted by atomic mass is 10.2. The third-order valence-electron chi connectivity index (χ3n) is 2.87. The molecule has 8 heteroatoms. The van der Waals surface area contributed by atoms with Gasteiger partial charge in [-0.05, 0) is 24.3 Å². The van der Waals surface area contributed by atoms with Crippen molar-refractivity contribution in [2.24, 2.45) is 0 Å². The van der Waals surface area contributed by atoms with E-state index in [0.717, 1.165) is 6.26 Å². The second-order valence-electron chi connectivity index (χ2n) is 4.53. The van der Waals surface area contributed by atoms with Gasteiger partial charge in [0.15, 0.2) is 9.84 Å². The van der Waals surface area contributed by atoms with Crippen LogP contribution in [0.5, 0.6) is 0 Å². The number of nitrogens with zero attached hydrogens (tertiary/aromatic N) is 1. The van der Waals surface area contributed by atoms with Crippen molar-refractivity contribution in [2.45, 2.75) is 4.90 Å². The molecule has 7 nitrogen and oxygen atoms in total. The van der Waals surface area contributed by atoms with Gasteiger partial charge in [0.2, 0.25) is 0 Å². The second-order valence-corrected chi connectivity index (χ2v) is 6.51. The summed E-state index contributed by atoms with van der Waals surface area (Å²) < 4.78 is 23.4. The number of non-ortho nitro benzene ring substituents is 1. The summed E-state index contributed by atoms with van der Waals surface area (Å²) in [6.45, 7) is 0. The first-order chi connectivity index (χ1) is 10.3. The van der Waals surface area contributed by atoms with Crippen LogP contribution in [0.25, 0.3) is 0 Å². The van der Waals surface area contributed by atoms with Crippen LogP contribution in [0, 0.1) is 10.1 Å². The second kappa shape index (κ2) is 5.94. The molecule has 0 aliphatic rings. The van der Waals surface area contributed by atoms with Gasteiger partial charge in [0.1, 0.15) is 0 Å². The smallest absolute Gasteiger partial charge is 0.269 e. The minimum Gasteiger partial charge on any atom is -0.322 e. The molecule has 0 atom stereocenters. The first-order valence-corrected chi connectivity index (χ1v) is 8.03. The van der Waals surface area contributed by atoms with Gasteiger partial charge in [0.05, 0.1) is 15.4 Å². The van der Waals surface area contributed by atoms with Crippen LogP contribution in [0.2, 0.25) is 0 Å². The molecule has 2 aromatic rings. The van der Waals surface area contributed by atoms with E-state index in [1.54, 1.807) is 6.07 Å². The van der Waals surface area contributed by atoms with Crippen LogP contribution >= 0.6 is 0 Å². The number of amides is 1. The molecular formula is C14H12N2O5S. The molecule has 2 rings (SSSR count). The van der Waals surface area contributed by atoms with Crippen molar-refractivity contribution in [3.63, 3.8) is 0 Å². The van der Waals surface area contributed by atoms with Gasteiger partial charge in [0, 0.05) is 24.1 Å². The van der Waals surface area contributed by atoms with E-state index < -0.39 is 20.7 Å². The zero-order valence-electron chi connectivity index (χ0n) is 11.5. The summed E-state index contributed by atoms with van der Waals surface area (Å²) in [5.74, 6) is -0.602. The Labute approximate surface area is 126 Å². The van der Waals surface area contributed by atoms with Crippen LogP contribution in [0.3, 0.4) is 0 Å². The molecule has 0 saturated heterocycles. The number of nitro groups is 1. The zero-order chi connectivity index (χ0) is 16.3. The molecule has 0 radical (unpaired) electrons. The van der Waals surface area contributed by atoms with Gasteiger partial charge in [-0.3, -0.25) is 14.9 Å². The van der Waals surface area contributed by atoms with E-state index in [2.05, 4.69) is 5.32 Å². The van der Waals surface area contributed by atoms with Crippen molar-refractivity contribution < 1.29 is 18.1 Å². The molecule has 1 N–H and O–H groups in total. The van der Waals surface area contributed by atoms with Crippen molar-refractivity contribution in [3.8, 4) is 0 Å². The number of hydrogen-bond donors (Lipinski definition) is 1. The number of carbonyl (C=O) groups excluding carboxylic acids is 1. The molecule has 0 unspecified atom stereocenters. The van der Waals surface area contributed by atoms with Crippen molar-refractivity contribution in [1.82, 2.24) is 0 Å². The summed E-state index contributed by atoms with van der Waals surface area (Å²) in [5.41, 5.74) is 0.247. The van der Waals surface area contributed by atoms with Crippen molar-refractivity contribution in [2.75, 3.05) is 11.6 Å². The van der Waals surface area contributed by atoms with Gasteiger partial charge in [-0.25, -0.2) is 8.42 Å². The highest BCUT2D eigenvalue weighted by molar-refractivity contribution is 7.90. The van der Waals surface area contributed by atoms with Gasteiger partial charge in [-0.2, -0.15) is 0 Å². The largest absolute Gasteiger partial charge is 0.322 e. The average Bonchev–Trinajstić information content (AvgIpc) is 2.47. The van der Waals surface area contributed by atoms with Gasteiger partial charge < -0.3 is 5.32 Å². The number of hydrogen-bond acceptors (Lipinski definition) is 5. The summed E-state index contributed by atoms with van der Waals surface area (Å²) in [4.78, 5) is 22.1. The maximum atomic E-state index is 12.2. The van der Waals surface area contributed by atoms with E-state index in [4.69, 9.17) is 0 Å². The topological polar surface area (TPSA) is 106 Å². The molecule has 2 aromatic carbocycles. The van der Waals surface area contributed by atoms with Crippen molar-refractivity contribution >= 4 is 27.1 Å². The fourth-order valence-electron chi connectivity index (χ4n) is 1.84. The van der Waals surface area contributed by atoms with Gasteiger partial charge in [-0.15, -0.1) is 0 Å². The Morgan fingerprint density at radius 1 is 1.09 bits per heavy atom. The quantitative estimate of drug-likeness (QED) is 0.687. The highest BCUT2D eigenvalue weighted by Gasteiger charge is 2.18. The molecule has 0 aliphatic carbocycles. The van der Waals surface area contributed by atoms with Crippen LogP contribution in [0.15, 0.2) is 53.4 Å². The third-order valence-corrected chi connectivity index (χ3v) is 4.02. The van der Waals surface area contributed by atoms with Crippen LogP contribution in [-0.4, -0.2) is 25.5 Å². The third kappa shape index (κ3) is 3.47. The Bertz CT molecular complexity index is 829. The Hall–Kier alpha value is -2.74. The molecule has 0 saturated carbocycles. The number of sulfone groups is 1. The van der Waals surface area contributed by atoms with E-state index in [1.165, 1.54) is 42.5 Å². The Morgan fingerprint density at radius 2 is 1.68 bits per heavy atom. The highest BCUT2D eigenvalue weighted by Crippen LogP contribution is 2.19. The summed E-state index contributed by atoms with van der Waals surface area (Å²) >= 11 is 0. The standard InChI is InChI=1S/C14H12N2O5S/c1-22(20,21)13-5-3-2-4-12(13)14(17)15-10-6-8-11(9-7-10)16(18)19/h2-9H,1H3,(H,15,17). The number of carbonyl (C=O) groups is 1. The van der Waals surface area contributed by atoms with Gasteiger partial charge >= 0.3 is 0 Å². The van der Waals surface area contributed by atoms with Crippen molar-refractivity contribution in [3.05, 3.63) is 64.2 Å². The predicted octanol–water partition coefficient (Wildman–Crippen LogP) is 2.25. The lowest BCUT2D eigenvalue weighted by molar-refractivity contribution is -0.384. The van der Waals surface area contributed by atoms with Crippen LogP contribution in [-0.2, 0) is 9.84 Å². The molecule has 0 spiro atoms. The summed E-state index contributed by atoms with van der Waals surface area (Å²) in [5, 5.41) is 13.1. The molecule has 0 bridgehead atoms.